The summed E-state index contributed by atoms with van der Waals surface area (Å²) >= 11 is -0.556. The van der Waals surface area contributed by atoms with Gasteiger partial charge in [-0.25, -0.2) is 12.2 Å². The van der Waals surface area contributed by atoms with Crippen LogP contribution >= 0.6 is 18.6 Å². The Morgan fingerprint density at radius 2 is 1.24 bits per heavy atom. The third-order valence-corrected chi connectivity index (χ3v) is 5.59. The quantitative estimate of drug-likeness (QED) is 0.264. The van der Waals surface area contributed by atoms with Gasteiger partial charge >= 0.3 is 35.6 Å². The molecule has 1 N–H and O–H groups in total. The van der Waals surface area contributed by atoms with Crippen LogP contribution in [0.25, 0.3) is 22.3 Å². The van der Waals surface area contributed by atoms with Crippen LogP contribution in [0.1, 0.15) is 62.6 Å². The van der Waals surface area contributed by atoms with Gasteiger partial charge in [0, 0.05) is 11.1 Å². The zero-order valence-electron chi connectivity index (χ0n) is 20.6. The number of hydrogen-bond donors (Lipinski definition) is 1. The first kappa shape index (κ1) is 28.5. The first-order chi connectivity index (χ1) is 16.3. The second kappa shape index (κ2) is 14.6. The molecule has 0 fully saturated rings. The van der Waals surface area contributed by atoms with Crippen molar-refractivity contribution in [3.05, 3.63) is 102 Å². The van der Waals surface area contributed by atoms with Crippen molar-refractivity contribution < 1.29 is 22.1 Å². The number of halogens is 2. The maximum absolute atomic E-state index is 11.2. The zero-order valence-corrected chi connectivity index (χ0v) is 23.6. The van der Waals surface area contributed by atoms with Crippen LogP contribution in [0.2, 0.25) is 0 Å². The fourth-order valence-corrected chi connectivity index (χ4v) is 4.02. The summed E-state index contributed by atoms with van der Waals surface area (Å²) in [6.07, 6.45) is 10.0. The predicted octanol–water partition coefficient (Wildman–Crippen LogP) is 9.96. The van der Waals surface area contributed by atoms with Crippen LogP contribution < -0.4 is 0 Å². The number of allylic oxidation sites excluding steroid dienone is 4. The summed E-state index contributed by atoms with van der Waals surface area (Å²) in [6, 6.07) is 21.0. The molecule has 0 saturated heterocycles. The van der Waals surface area contributed by atoms with Crippen molar-refractivity contribution >= 4 is 18.6 Å². The van der Waals surface area contributed by atoms with Gasteiger partial charge in [-0.2, -0.15) is 6.08 Å². The van der Waals surface area contributed by atoms with Gasteiger partial charge in [0.1, 0.15) is 5.75 Å². The molecular weight excluding hydrogens is 495 g/mol. The van der Waals surface area contributed by atoms with E-state index in [9.17, 15) is 5.11 Å². The first-order valence-electron chi connectivity index (χ1n) is 11.5. The summed E-state index contributed by atoms with van der Waals surface area (Å²) in [5.41, 5.74) is 7.75. The molecule has 0 saturated carbocycles. The number of rotatable bonds is 4. The third-order valence-electron chi connectivity index (χ3n) is 5.59. The molecule has 34 heavy (non-hydrogen) atoms. The van der Waals surface area contributed by atoms with Gasteiger partial charge < -0.3 is 5.11 Å². The molecule has 0 aromatic heterocycles. The molecule has 0 unspecified atom stereocenters. The van der Waals surface area contributed by atoms with Crippen molar-refractivity contribution in [2.75, 3.05) is 0 Å². The van der Waals surface area contributed by atoms with Crippen molar-refractivity contribution in [1.29, 1.82) is 0 Å². The molecule has 0 amide bonds. The van der Waals surface area contributed by atoms with Gasteiger partial charge in [0.2, 0.25) is 0 Å². The minimum atomic E-state index is -0.556. The van der Waals surface area contributed by atoms with Crippen molar-refractivity contribution in [3.63, 3.8) is 0 Å². The van der Waals surface area contributed by atoms with Crippen molar-refractivity contribution in [1.82, 2.24) is 0 Å². The van der Waals surface area contributed by atoms with E-state index < -0.39 is 17.0 Å². The summed E-state index contributed by atoms with van der Waals surface area (Å²) in [7, 11) is 9.78. The van der Waals surface area contributed by atoms with Crippen LogP contribution in [-0.4, -0.2) is 5.11 Å². The number of aromatic hydroxyl groups is 1. The van der Waals surface area contributed by atoms with Crippen molar-refractivity contribution in [3.8, 4) is 28.0 Å². The van der Waals surface area contributed by atoms with Crippen LogP contribution in [0.3, 0.4) is 0 Å². The van der Waals surface area contributed by atoms with Crippen LogP contribution in [-0.2, 0) is 17.0 Å². The van der Waals surface area contributed by atoms with Gasteiger partial charge in [-0.1, -0.05) is 76.2 Å². The number of phenols is 1. The summed E-state index contributed by atoms with van der Waals surface area (Å²) in [5.74, 6) is 1.17. The first-order valence-corrected chi connectivity index (χ1v) is 15.8. The molecule has 0 bridgehead atoms. The Bertz CT molecular complexity index is 1030. The standard InChI is InChI=1S/C25H28O.C5H5.2ClH.Ti/c1-16(2)19-10-6-8-12-21(19)23-14-18(5)15-24(25(23)26)22-13-9-7-11-20(22)17(3)4;1-2-4-5-3-1;;;/h6-17,26H,1-5H3;1-3H,4H2;2*1H;/q;-1;;;+2/p-2. The average molecular weight is 528 g/mol. The van der Waals surface area contributed by atoms with E-state index in [1.54, 1.807) is 0 Å². The van der Waals surface area contributed by atoms with E-state index >= 15 is 0 Å². The predicted molar refractivity (Wildman–Crippen MR) is 145 cm³/mol. The average Bonchev–Trinajstić information content (AvgIpc) is 3.41. The van der Waals surface area contributed by atoms with Crippen LogP contribution in [0, 0.1) is 13.0 Å². The summed E-state index contributed by atoms with van der Waals surface area (Å²) in [6.45, 7) is 10.9. The second-order valence-corrected chi connectivity index (χ2v) is 11.3. The normalized spacial score (nSPS) is 11.7. The molecular formula is C30H33Cl2OTi-. The maximum atomic E-state index is 11.2. The zero-order chi connectivity index (χ0) is 25.1. The van der Waals surface area contributed by atoms with E-state index in [1.807, 2.05) is 24.3 Å². The Labute approximate surface area is 222 Å². The van der Waals surface area contributed by atoms with Gasteiger partial charge in [-0.15, -0.1) is 6.42 Å². The molecule has 0 aliphatic heterocycles. The van der Waals surface area contributed by atoms with E-state index in [0.717, 1.165) is 34.2 Å². The summed E-state index contributed by atoms with van der Waals surface area (Å²) in [5, 5.41) is 11.2. The molecule has 178 valence electrons. The van der Waals surface area contributed by atoms with Crippen LogP contribution in [0.5, 0.6) is 5.75 Å². The van der Waals surface area contributed by atoms with E-state index in [4.69, 9.17) is 18.6 Å². The van der Waals surface area contributed by atoms with E-state index in [1.165, 1.54) is 11.1 Å². The Morgan fingerprint density at radius 1 is 0.794 bits per heavy atom. The SMILES string of the molecule is Cc1cc(-c2ccccc2C(C)C)c(O)c(-c2ccccc2C(C)C)c1.[C-]1=CC=CC1.[Cl][Ti][Cl]. The molecule has 0 atom stereocenters. The molecule has 3 aromatic rings. The minimum absolute atomic E-state index is 0.372. The second-order valence-electron chi connectivity index (χ2n) is 8.77. The number of phenolic OH excluding ortho intramolecular Hbond substituents is 1. The number of hydrogen-bond acceptors (Lipinski definition) is 1. The monoisotopic (exact) mass is 527 g/mol. The Balaban J connectivity index is 0.000000436. The fourth-order valence-electron chi connectivity index (χ4n) is 4.02. The Kier molecular flexibility index (Phi) is 12.2. The van der Waals surface area contributed by atoms with Gasteiger partial charge in [0.15, 0.2) is 0 Å². The molecule has 4 rings (SSSR count). The van der Waals surface area contributed by atoms with Crippen molar-refractivity contribution in [2.24, 2.45) is 0 Å². The topological polar surface area (TPSA) is 20.2 Å². The Hall–Kier alpha value is -1.77. The molecule has 1 aliphatic rings. The van der Waals surface area contributed by atoms with Crippen LogP contribution in [0.15, 0.2) is 78.9 Å². The van der Waals surface area contributed by atoms with Gasteiger partial charge in [-0.05, 0) is 58.7 Å². The fraction of sp³-hybridized carbons (Fsp3) is 0.267. The van der Waals surface area contributed by atoms with Gasteiger partial charge in [-0.3, -0.25) is 6.08 Å². The third kappa shape index (κ3) is 7.89. The van der Waals surface area contributed by atoms with Gasteiger partial charge in [0.25, 0.3) is 0 Å². The van der Waals surface area contributed by atoms with Crippen molar-refractivity contribution in [2.45, 2.75) is 52.9 Å². The van der Waals surface area contributed by atoms with E-state index in [0.29, 0.717) is 17.6 Å². The molecule has 0 heterocycles. The molecule has 4 heteroatoms. The summed E-state index contributed by atoms with van der Waals surface area (Å²) in [4.78, 5) is 0. The van der Waals surface area contributed by atoms with Gasteiger partial charge in [0.05, 0.1) is 0 Å². The van der Waals surface area contributed by atoms with E-state index in [2.05, 4.69) is 95.3 Å². The molecule has 0 radical (unpaired) electrons. The molecule has 3 aromatic carbocycles. The summed E-state index contributed by atoms with van der Waals surface area (Å²) < 4.78 is 0. The number of benzene rings is 3. The number of aryl methyl sites for hydroxylation is 1. The Morgan fingerprint density at radius 3 is 1.56 bits per heavy atom. The molecule has 0 spiro atoms. The molecule has 1 aliphatic carbocycles. The van der Waals surface area contributed by atoms with E-state index in [-0.39, 0.29) is 0 Å². The molecule has 1 nitrogen and oxygen atoms in total. The van der Waals surface area contributed by atoms with Crippen LogP contribution in [0.4, 0.5) is 0 Å².